The number of fused-ring (bicyclic) bond motifs is 3. The molecule has 5 heteroatoms. The molecule has 0 aliphatic rings. The van der Waals surface area contributed by atoms with Crippen LogP contribution in [0.15, 0.2) is 235 Å². The molecule has 0 saturated heterocycles. The molecule has 0 aliphatic carbocycles. The lowest BCUT2D eigenvalue weighted by atomic mass is 9.97. The molecule has 2 heterocycles. The fourth-order valence-electron chi connectivity index (χ4n) is 8.39. The van der Waals surface area contributed by atoms with Crippen LogP contribution in [0.5, 0.6) is 0 Å². The Morgan fingerprint density at radius 2 is 0.742 bits per heavy atom. The molecule has 0 aliphatic heterocycles. The Kier molecular flexibility index (Phi) is 9.45. The smallest absolute Gasteiger partial charge is 0.164 e. The molecule has 9 aromatic carbocycles. The largest absolute Gasteiger partial charge is 0.456 e. The number of anilines is 3. The van der Waals surface area contributed by atoms with E-state index in [0.717, 1.165) is 77.9 Å². The standard InChI is InChI=1S/C57H38N4O/c1-5-18-39(19-6-1)40-32-34-42(35-33-40)47-27-14-16-30-51(47)61(50-29-15-13-26-46(50)41-20-7-2-8-21-41)45-36-37-48-53(38-45)62-52-31-17-28-49(54(48)52)57-59-55(43-22-9-3-10-23-43)58-56(60-57)44-24-11-4-12-25-44/h1-38H. The summed E-state index contributed by atoms with van der Waals surface area (Å²) in [5.74, 6) is 1.81. The van der Waals surface area contributed by atoms with Gasteiger partial charge in [-0.05, 0) is 52.6 Å². The highest BCUT2D eigenvalue weighted by Gasteiger charge is 2.23. The van der Waals surface area contributed by atoms with E-state index in [1.54, 1.807) is 0 Å². The maximum Gasteiger partial charge on any atom is 0.164 e. The molecule has 0 atom stereocenters. The number of furan rings is 1. The molecule has 5 nitrogen and oxygen atoms in total. The van der Waals surface area contributed by atoms with E-state index >= 15 is 0 Å². The van der Waals surface area contributed by atoms with E-state index < -0.39 is 0 Å². The number of hydrogen-bond donors (Lipinski definition) is 0. The number of hydrogen-bond acceptors (Lipinski definition) is 5. The molecule has 0 spiro atoms. The highest BCUT2D eigenvalue weighted by Crippen LogP contribution is 2.46. The molecular weight excluding hydrogens is 757 g/mol. The number of para-hydroxylation sites is 2. The van der Waals surface area contributed by atoms with Crippen molar-refractivity contribution in [2.75, 3.05) is 4.90 Å². The molecular formula is C57H38N4O. The van der Waals surface area contributed by atoms with Gasteiger partial charge in [-0.2, -0.15) is 0 Å². The molecule has 0 amide bonds. The van der Waals surface area contributed by atoms with E-state index in [4.69, 9.17) is 19.4 Å². The molecule has 2 aromatic heterocycles. The zero-order valence-electron chi connectivity index (χ0n) is 33.6. The highest BCUT2D eigenvalue weighted by atomic mass is 16.3. The fraction of sp³-hybridized carbons (Fsp3) is 0. The summed E-state index contributed by atoms with van der Waals surface area (Å²) in [5.41, 5.74) is 14.2. The van der Waals surface area contributed by atoms with Crippen LogP contribution in [0.3, 0.4) is 0 Å². The van der Waals surface area contributed by atoms with E-state index in [1.807, 2.05) is 72.8 Å². The van der Waals surface area contributed by atoms with Gasteiger partial charge in [-0.1, -0.05) is 194 Å². The van der Waals surface area contributed by atoms with Crippen molar-refractivity contribution in [2.24, 2.45) is 0 Å². The van der Waals surface area contributed by atoms with Gasteiger partial charge in [0.1, 0.15) is 11.2 Å². The molecule has 0 unspecified atom stereocenters. The van der Waals surface area contributed by atoms with Crippen molar-refractivity contribution in [3.8, 4) is 67.5 Å². The maximum atomic E-state index is 6.79. The second kappa shape index (κ2) is 16.0. The lowest BCUT2D eigenvalue weighted by Gasteiger charge is -2.30. The molecule has 62 heavy (non-hydrogen) atoms. The minimum absolute atomic E-state index is 0.584. The number of nitrogens with zero attached hydrogens (tertiary/aromatic N) is 4. The SMILES string of the molecule is c1ccc(-c2ccc(-c3ccccc3N(c3ccc4c(c3)oc3cccc(-c5nc(-c6ccccc6)nc(-c6ccccc6)n5)c34)c3ccccc3-c3ccccc3)cc2)cc1. The van der Waals surface area contributed by atoms with Crippen molar-refractivity contribution in [2.45, 2.75) is 0 Å². The van der Waals surface area contributed by atoms with Gasteiger partial charge in [-0.25, -0.2) is 15.0 Å². The van der Waals surface area contributed by atoms with Crippen LogP contribution in [0.4, 0.5) is 17.1 Å². The van der Waals surface area contributed by atoms with Gasteiger partial charge in [0.15, 0.2) is 17.5 Å². The first-order chi connectivity index (χ1) is 30.7. The van der Waals surface area contributed by atoms with Crippen LogP contribution in [-0.4, -0.2) is 15.0 Å². The van der Waals surface area contributed by atoms with Gasteiger partial charge in [0, 0.05) is 50.3 Å². The monoisotopic (exact) mass is 794 g/mol. The van der Waals surface area contributed by atoms with Gasteiger partial charge in [0.05, 0.1) is 11.4 Å². The Bertz CT molecular complexity index is 3270. The second-order valence-corrected chi connectivity index (χ2v) is 15.2. The van der Waals surface area contributed by atoms with Crippen LogP contribution >= 0.6 is 0 Å². The summed E-state index contributed by atoms with van der Waals surface area (Å²) in [4.78, 5) is 17.5. The zero-order chi connectivity index (χ0) is 41.2. The number of aromatic nitrogens is 3. The van der Waals surface area contributed by atoms with E-state index in [9.17, 15) is 0 Å². The van der Waals surface area contributed by atoms with Gasteiger partial charge in [-0.15, -0.1) is 0 Å². The van der Waals surface area contributed by atoms with Crippen molar-refractivity contribution in [3.05, 3.63) is 231 Å². The molecule has 292 valence electrons. The molecule has 0 bridgehead atoms. The van der Waals surface area contributed by atoms with E-state index in [2.05, 4.69) is 163 Å². The van der Waals surface area contributed by atoms with Crippen LogP contribution in [0.1, 0.15) is 0 Å². The predicted octanol–water partition coefficient (Wildman–Crippen LogP) is 15.2. The van der Waals surface area contributed by atoms with E-state index in [0.29, 0.717) is 17.5 Å². The molecule has 0 saturated carbocycles. The Balaban J connectivity index is 1.09. The van der Waals surface area contributed by atoms with Gasteiger partial charge in [-0.3, -0.25) is 0 Å². The summed E-state index contributed by atoms with van der Waals surface area (Å²) >= 11 is 0. The Morgan fingerprint density at radius 1 is 0.306 bits per heavy atom. The normalized spacial score (nSPS) is 11.2. The minimum atomic E-state index is 0.584. The van der Waals surface area contributed by atoms with Crippen LogP contribution in [0, 0.1) is 0 Å². The first-order valence-corrected chi connectivity index (χ1v) is 20.8. The second-order valence-electron chi connectivity index (χ2n) is 15.2. The van der Waals surface area contributed by atoms with Crippen LogP contribution < -0.4 is 4.90 Å². The van der Waals surface area contributed by atoms with Crippen molar-refractivity contribution in [1.29, 1.82) is 0 Å². The molecule has 0 N–H and O–H groups in total. The third kappa shape index (κ3) is 6.87. The minimum Gasteiger partial charge on any atom is -0.456 e. The topological polar surface area (TPSA) is 55.1 Å². The summed E-state index contributed by atoms with van der Waals surface area (Å²) in [6.07, 6.45) is 0. The van der Waals surface area contributed by atoms with Crippen molar-refractivity contribution < 1.29 is 4.42 Å². The maximum absolute atomic E-state index is 6.79. The van der Waals surface area contributed by atoms with Crippen molar-refractivity contribution >= 4 is 39.0 Å². The predicted molar refractivity (Wildman–Crippen MR) is 254 cm³/mol. The number of rotatable bonds is 9. The molecule has 11 aromatic rings. The third-order valence-corrected chi connectivity index (χ3v) is 11.4. The Morgan fingerprint density at radius 3 is 1.32 bits per heavy atom. The van der Waals surface area contributed by atoms with Crippen LogP contribution in [0.25, 0.3) is 89.5 Å². The summed E-state index contributed by atoms with van der Waals surface area (Å²) in [6, 6.07) is 80.0. The Labute approximate surface area is 359 Å². The van der Waals surface area contributed by atoms with Crippen molar-refractivity contribution in [3.63, 3.8) is 0 Å². The average molecular weight is 795 g/mol. The van der Waals surface area contributed by atoms with Gasteiger partial charge in [0.25, 0.3) is 0 Å². The van der Waals surface area contributed by atoms with Gasteiger partial charge in [0.2, 0.25) is 0 Å². The van der Waals surface area contributed by atoms with Crippen LogP contribution in [-0.2, 0) is 0 Å². The third-order valence-electron chi connectivity index (χ3n) is 11.4. The average Bonchev–Trinajstić information content (AvgIpc) is 3.74. The van der Waals surface area contributed by atoms with Crippen molar-refractivity contribution in [1.82, 2.24) is 15.0 Å². The lowest BCUT2D eigenvalue weighted by Crippen LogP contribution is -2.12. The summed E-state index contributed by atoms with van der Waals surface area (Å²) in [7, 11) is 0. The first kappa shape index (κ1) is 36.7. The number of benzene rings is 9. The van der Waals surface area contributed by atoms with Crippen LogP contribution in [0.2, 0.25) is 0 Å². The quantitative estimate of drug-likeness (QED) is 0.146. The fourth-order valence-corrected chi connectivity index (χ4v) is 8.39. The zero-order valence-corrected chi connectivity index (χ0v) is 33.6. The first-order valence-electron chi connectivity index (χ1n) is 20.8. The molecule has 11 rings (SSSR count). The Hall–Kier alpha value is -8.41. The van der Waals surface area contributed by atoms with Gasteiger partial charge < -0.3 is 9.32 Å². The molecule has 0 radical (unpaired) electrons. The van der Waals surface area contributed by atoms with Gasteiger partial charge >= 0.3 is 0 Å². The lowest BCUT2D eigenvalue weighted by molar-refractivity contribution is 0.669. The molecule has 0 fully saturated rings. The van der Waals surface area contributed by atoms with E-state index in [1.165, 1.54) is 11.1 Å². The summed E-state index contributed by atoms with van der Waals surface area (Å²) in [6.45, 7) is 0. The summed E-state index contributed by atoms with van der Waals surface area (Å²) in [5, 5.41) is 1.93. The highest BCUT2D eigenvalue weighted by molar-refractivity contribution is 6.13. The van der Waals surface area contributed by atoms with E-state index in [-0.39, 0.29) is 0 Å². The summed E-state index contributed by atoms with van der Waals surface area (Å²) < 4.78 is 6.79.